The Morgan fingerprint density at radius 3 is 2.78 bits per heavy atom. The number of hydrogen-bond acceptors (Lipinski definition) is 4. The maximum Gasteiger partial charge on any atom is 0.161 e. The molecule has 18 heavy (non-hydrogen) atoms. The largest absolute Gasteiger partial charge is 0.384 e. The minimum Gasteiger partial charge on any atom is -0.384 e. The Morgan fingerprint density at radius 2 is 2.28 bits per heavy atom. The fourth-order valence-corrected chi connectivity index (χ4v) is 1.93. The summed E-state index contributed by atoms with van der Waals surface area (Å²) in [5.74, 6) is -0.00278. The lowest BCUT2D eigenvalue weighted by atomic mass is 9.88. The molecule has 0 aliphatic carbocycles. The van der Waals surface area contributed by atoms with E-state index >= 15 is 0 Å². The van der Waals surface area contributed by atoms with Crippen molar-refractivity contribution in [1.29, 1.82) is 5.26 Å². The smallest absolute Gasteiger partial charge is 0.161 e. The Bertz CT molecular complexity index is 513. The SMILES string of the molecule is CC(=O)c1ccc(C#N)cc1NCC1(C)COC1. The summed E-state index contributed by atoms with van der Waals surface area (Å²) in [4.78, 5) is 11.5. The monoisotopic (exact) mass is 244 g/mol. The van der Waals surface area contributed by atoms with E-state index in [4.69, 9.17) is 10.00 Å². The second kappa shape index (κ2) is 4.79. The predicted octanol–water partition coefficient (Wildman–Crippen LogP) is 2.21. The number of benzene rings is 1. The third kappa shape index (κ3) is 2.52. The highest BCUT2D eigenvalue weighted by atomic mass is 16.5. The van der Waals surface area contributed by atoms with E-state index in [1.807, 2.05) is 0 Å². The van der Waals surface area contributed by atoms with Gasteiger partial charge in [0.1, 0.15) is 0 Å². The number of Topliss-reactive ketones (excluding diaryl/α,β-unsaturated/α-hetero) is 1. The molecule has 0 spiro atoms. The van der Waals surface area contributed by atoms with Crippen LogP contribution in [0.15, 0.2) is 18.2 Å². The lowest BCUT2D eigenvalue weighted by Crippen LogP contribution is -2.45. The van der Waals surface area contributed by atoms with Crippen LogP contribution in [0.4, 0.5) is 5.69 Å². The normalized spacial score (nSPS) is 16.5. The Kier molecular flexibility index (Phi) is 3.35. The number of hydrogen-bond donors (Lipinski definition) is 1. The molecule has 1 aliphatic rings. The van der Waals surface area contributed by atoms with Crippen molar-refractivity contribution in [2.45, 2.75) is 13.8 Å². The highest BCUT2D eigenvalue weighted by Crippen LogP contribution is 2.28. The van der Waals surface area contributed by atoms with Gasteiger partial charge in [-0.2, -0.15) is 5.26 Å². The number of rotatable bonds is 4. The lowest BCUT2D eigenvalue weighted by molar-refractivity contribution is -0.0924. The molecular weight excluding hydrogens is 228 g/mol. The molecule has 0 unspecified atom stereocenters. The number of anilines is 1. The molecule has 0 aromatic heterocycles. The highest BCUT2D eigenvalue weighted by Gasteiger charge is 2.33. The summed E-state index contributed by atoms with van der Waals surface area (Å²) in [6.45, 7) is 5.86. The molecule has 4 heteroatoms. The summed E-state index contributed by atoms with van der Waals surface area (Å²) < 4.78 is 5.19. The van der Waals surface area contributed by atoms with E-state index in [0.717, 1.165) is 25.4 Å². The summed E-state index contributed by atoms with van der Waals surface area (Å²) in [6.07, 6.45) is 0. The maximum atomic E-state index is 11.5. The molecule has 4 nitrogen and oxygen atoms in total. The summed E-state index contributed by atoms with van der Waals surface area (Å²) >= 11 is 0. The van der Waals surface area contributed by atoms with Crippen LogP contribution in [0.1, 0.15) is 29.8 Å². The summed E-state index contributed by atoms with van der Waals surface area (Å²) in [7, 11) is 0. The second-order valence-corrected chi connectivity index (χ2v) is 5.09. The fraction of sp³-hybridized carbons (Fsp3) is 0.429. The second-order valence-electron chi connectivity index (χ2n) is 5.09. The standard InChI is InChI=1S/C14H16N2O2/c1-10(17)12-4-3-11(6-15)5-13(12)16-7-14(2)8-18-9-14/h3-5,16H,7-9H2,1-2H3. The number of nitrogens with one attached hydrogen (secondary N) is 1. The van der Waals surface area contributed by atoms with Crippen molar-refractivity contribution in [1.82, 2.24) is 0 Å². The van der Waals surface area contributed by atoms with Crippen molar-refractivity contribution in [2.75, 3.05) is 25.1 Å². The van der Waals surface area contributed by atoms with Crippen LogP contribution < -0.4 is 5.32 Å². The minimum absolute atomic E-state index is 0.00278. The van der Waals surface area contributed by atoms with Crippen molar-refractivity contribution < 1.29 is 9.53 Å². The third-order valence-electron chi connectivity index (χ3n) is 3.13. The molecule has 1 fully saturated rings. The summed E-state index contributed by atoms with van der Waals surface area (Å²) in [6, 6.07) is 7.16. The zero-order valence-electron chi connectivity index (χ0n) is 10.6. The first kappa shape index (κ1) is 12.6. The highest BCUT2D eigenvalue weighted by molar-refractivity contribution is 5.99. The van der Waals surface area contributed by atoms with Gasteiger partial charge in [0.25, 0.3) is 0 Å². The van der Waals surface area contributed by atoms with Crippen molar-refractivity contribution in [3.8, 4) is 6.07 Å². The Labute approximate surface area is 107 Å². The van der Waals surface area contributed by atoms with Crippen molar-refractivity contribution in [2.24, 2.45) is 5.41 Å². The summed E-state index contributed by atoms with van der Waals surface area (Å²) in [5, 5.41) is 12.2. The number of nitrogens with zero attached hydrogens (tertiary/aromatic N) is 1. The molecule has 1 aliphatic heterocycles. The van der Waals surface area contributed by atoms with Gasteiger partial charge in [-0.15, -0.1) is 0 Å². The number of nitriles is 1. The molecule has 0 saturated carbocycles. The molecule has 1 aromatic carbocycles. The molecule has 94 valence electrons. The maximum absolute atomic E-state index is 11.5. The van der Waals surface area contributed by atoms with Crippen molar-refractivity contribution in [3.05, 3.63) is 29.3 Å². The van der Waals surface area contributed by atoms with Crippen molar-refractivity contribution >= 4 is 11.5 Å². The Balaban J connectivity index is 2.18. The van der Waals surface area contributed by atoms with Crippen LogP contribution in [0.3, 0.4) is 0 Å². The van der Waals surface area contributed by atoms with Crippen molar-refractivity contribution in [3.63, 3.8) is 0 Å². The molecule has 0 amide bonds. The first-order valence-electron chi connectivity index (χ1n) is 5.91. The molecule has 1 heterocycles. The van der Waals surface area contributed by atoms with Gasteiger partial charge in [0, 0.05) is 23.2 Å². The van der Waals surface area contributed by atoms with Gasteiger partial charge in [-0.1, -0.05) is 6.92 Å². The molecular formula is C14H16N2O2. The average molecular weight is 244 g/mol. The molecule has 0 radical (unpaired) electrons. The van der Waals surface area contributed by atoms with E-state index in [9.17, 15) is 4.79 Å². The molecule has 1 aromatic rings. The van der Waals surface area contributed by atoms with E-state index in [2.05, 4.69) is 18.3 Å². The number of carbonyl (C=O) groups is 1. The predicted molar refractivity (Wildman–Crippen MR) is 68.6 cm³/mol. The topological polar surface area (TPSA) is 62.1 Å². The van der Waals surface area contributed by atoms with Crippen LogP contribution in [0.2, 0.25) is 0 Å². The Hall–Kier alpha value is -1.86. The van der Waals surface area contributed by atoms with E-state index in [0.29, 0.717) is 11.1 Å². The number of ether oxygens (including phenoxy) is 1. The van der Waals surface area contributed by atoms with Crippen LogP contribution >= 0.6 is 0 Å². The lowest BCUT2D eigenvalue weighted by Gasteiger charge is -2.38. The quantitative estimate of drug-likeness (QED) is 0.825. The van der Waals surface area contributed by atoms with Gasteiger partial charge < -0.3 is 10.1 Å². The van der Waals surface area contributed by atoms with Gasteiger partial charge >= 0.3 is 0 Å². The van der Waals surface area contributed by atoms with Gasteiger partial charge in [0.05, 0.1) is 24.8 Å². The van der Waals surface area contributed by atoms with E-state index in [1.165, 1.54) is 6.92 Å². The fourth-order valence-electron chi connectivity index (χ4n) is 1.93. The van der Waals surface area contributed by atoms with E-state index in [1.54, 1.807) is 18.2 Å². The molecule has 1 saturated heterocycles. The van der Waals surface area contributed by atoms with Gasteiger partial charge in [-0.3, -0.25) is 4.79 Å². The van der Waals surface area contributed by atoms with Crippen LogP contribution in [0.25, 0.3) is 0 Å². The van der Waals surface area contributed by atoms with E-state index in [-0.39, 0.29) is 11.2 Å². The zero-order chi connectivity index (χ0) is 13.2. The van der Waals surface area contributed by atoms with Crippen LogP contribution in [-0.2, 0) is 4.74 Å². The molecule has 0 bridgehead atoms. The summed E-state index contributed by atoms with van der Waals surface area (Å²) in [5.41, 5.74) is 2.03. The first-order chi connectivity index (χ1) is 8.54. The van der Waals surface area contributed by atoms with Gasteiger partial charge in [-0.25, -0.2) is 0 Å². The van der Waals surface area contributed by atoms with Gasteiger partial charge in [0.2, 0.25) is 0 Å². The van der Waals surface area contributed by atoms with Crippen LogP contribution in [0.5, 0.6) is 0 Å². The molecule has 1 N–H and O–H groups in total. The van der Waals surface area contributed by atoms with Crippen LogP contribution in [0, 0.1) is 16.7 Å². The minimum atomic E-state index is -0.00278. The molecule has 2 rings (SSSR count). The first-order valence-corrected chi connectivity index (χ1v) is 5.91. The van der Waals surface area contributed by atoms with Gasteiger partial charge in [-0.05, 0) is 25.1 Å². The Morgan fingerprint density at radius 1 is 1.56 bits per heavy atom. The molecule has 0 atom stereocenters. The third-order valence-corrected chi connectivity index (χ3v) is 3.13. The average Bonchev–Trinajstić information content (AvgIpc) is 2.33. The number of ketones is 1. The van der Waals surface area contributed by atoms with E-state index < -0.39 is 0 Å². The van der Waals surface area contributed by atoms with Crippen LogP contribution in [-0.4, -0.2) is 25.5 Å². The zero-order valence-corrected chi connectivity index (χ0v) is 10.6. The number of carbonyl (C=O) groups excluding carboxylic acids is 1. The van der Waals surface area contributed by atoms with Gasteiger partial charge in [0.15, 0.2) is 5.78 Å².